The van der Waals surface area contributed by atoms with E-state index < -0.39 is 0 Å². The first-order chi connectivity index (χ1) is 12.7. The Bertz CT molecular complexity index is 921. The molecule has 6 nitrogen and oxygen atoms in total. The van der Waals surface area contributed by atoms with Crippen LogP contribution in [0.4, 0.5) is 4.79 Å². The molecule has 1 aliphatic heterocycles. The van der Waals surface area contributed by atoms with Gasteiger partial charge in [0, 0.05) is 31.4 Å². The summed E-state index contributed by atoms with van der Waals surface area (Å²) in [6.07, 6.45) is 4.48. The second-order valence-electron chi connectivity index (χ2n) is 6.41. The van der Waals surface area contributed by atoms with Crippen LogP contribution in [0.25, 0.3) is 5.69 Å². The van der Waals surface area contributed by atoms with Crippen molar-refractivity contribution in [2.45, 2.75) is 19.5 Å². The summed E-state index contributed by atoms with van der Waals surface area (Å²) in [5, 5.41) is 16.9. The lowest BCUT2D eigenvalue weighted by molar-refractivity contribution is 0.192. The average molecular weight is 348 g/mol. The minimum absolute atomic E-state index is 0.105. The molecular weight excluding hydrogens is 328 g/mol. The number of hydrogen-bond acceptors (Lipinski definition) is 3. The highest BCUT2D eigenvalue weighted by molar-refractivity contribution is 5.74. The topological polar surface area (TPSA) is 70.4 Å². The van der Waals surface area contributed by atoms with Gasteiger partial charge in [0.05, 0.1) is 11.9 Å². The molecule has 0 radical (unpaired) electrons. The van der Waals surface area contributed by atoms with Gasteiger partial charge in [-0.2, -0.15) is 5.10 Å². The quantitative estimate of drug-likeness (QED) is 0.765. The van der Waals surface area contributed by atoms with Crippen LogP contribution in [0.3, 0.4) is 0 Å². The van der Waals surface area contributed by atoms with Gasteiger partial charge in [0.2, 0.25) is 0 Å². The van der Waals surface area contributed by atoms with Crippen LogP contribution in [0.2, 0.25) is 0 Å². The number of carbonyl (C=O) groups is 1. The fourth-order valence-corrected chi connectivity index (χ4v) is 3.18. The molecule has 2 aromatic carbocycles. The molecule has 2 amide bonds. The number of nitrogens with one attached hydrogen (secondary N) is 1. The highest BCUT2D eigenvalue weighted by Crippen LogP contribution is 2.23. The monoisotopic (exact) mass is 348 g/mol. The molecule has 0 atom stereocenters. The Labute approximate surface area is 151 Å². The Morgan fingerprint density at radius 2 is 2.00 bits per heavy atom. The average Bonchev–Trinajstić information content (AvgIpc) is 3.15. The third kappa shape index (κ3) is 3.39. The summed E-state index contributed by atoms with van der Waals surface area (Å²) in [7, 11) is 0. The first kappa shape index (κ1) is 16.2. The second-order valence-corrected chi connectivity index (χ2v) is 6.41. The van der Waals surface area contributed by atoms with E-state index in [0.717, 1.165) is 23.2 Å². The fourth-order valence-electron chi connectivity index (χ4n) is 3.18. The van der Waals surface area contributed by atoms with Crippen molar-refractivity contribution in [3.8, 4) is 11.4 Å². The maximum absolute atomic E-state index is 12.5. The smallest absolute Gasteiger partial charge is 0.317 e. The molecule has 0 saturated heterocycles. The summed E-state index contributed by atoms with van der Waals surface area (Å²) in [5.41, 5.74) is 4.12. The van der Waals surface area contributed by atoms with Crippen LogP contribution in [-0.2, 0) is 19.5 Å². The van der Waals surface area contributed by atoms with Crippen molar-refractivity contribution < 1.29 is 9.90 Å². The maximum atomic E-state index is 12.5. The van der Waals surface area contributed by atoms with Crippen LogP contribution in [-0.4, -0.2) is 32.4 Å². The van der Waals surface area contributed by atoms with Crippen LogP contribution in [0.5, 0.6) is 5.75 Å². The fraction of sp³-hybridized carbons (Fsp3) is 0.200. The molecule has 0 aliphatic carbocycles. The summed E-state index contributed by atoms with van der Waals surface area (Å²) in [5.74, 6) is 0.235. The van der Waals surface area contributed by atoms with Crippen LogP contribution in [0, 0.1) is 0 Å². The molecule has 2 N–H and O–H groups in total. The number of carbonyl (C=O) groups excluding carboxylic acids is 1. The van der Waals surface area contributed by atoms with Crippen molar-refractivity contribution in [3.63, 3.8) is 0 Å². The number of aromatic hydroxyl groups is 1. The molecule has 132 valence electrons. The van der Waals surface area contributed by atoms with E-state index in [1.165, 1.54) is 5.56 Å². The summed E-state index contributed by atoms with van der Waals surface area (Å²) >= 11 is 0. The largest absolute Gasteiger partial charge is 0.508 e. The van der Waals surface area contributed by atoms with Crippen molar-refractivity contribution in [2.24, 2.45) is 0 Å². The number of phenols is 1. The number of amides is 2. The van der Waals surface area contributed by atoms with Gasteiger partial charge in [-0.15, -0.1) is 0 Å². The minimum atomic E-state index is -0.105. The molecule has 0 fully saturated rings. The van der Waals surface area contributed by atoms with Gasteiger partial charge in [0.15, 0.2) is 0 Å². The number of benzene rings is 2. The normalized spacial score (nSPS) is 13.3. The summed E-state index contributed by atoms with van der Waals surface area (Å²) < 4.78 is 1.79. The molecule has 2 heterocycles. The van der Waals surface area contributed by atoms with E-state index in [2.05, 4.69) is 10.4 Å². The SMILES string of the molecule is O=C(NCc1cnn(-c2ccccc2)c1)N1CCc2ccc(O)cc2C1. The molecule has 0 bridgehead atoms. The number of aromatic nitrogens is 2. The first-order valence-electron chi connectivity index (χ1n) is 8.61. The van der Waals surface area contributed by atoms with Gasteiger partial charge in [-0.3, -0.25) is 0 Å². The Balaban J connectivity index is 1.37. The first-order valence-corrected chi connectivity index (χ1v) is 8.61. The Morgan fingerprint density at radius 3 is 2.85 bits per heavy atom. The van der Waals surface area contributed by atoms with Crippen molar-refractivity contribution in [2.75, 3.05) is 6.54 Å². The van der Waals surface area contributed by atoms with E-state index in [4.69, 9.17) is 0 Å². The summed E-state index contributed by atoms with van der Waals surface area (Å²) in [4.78, 5) is 14.2. The molecule has 1 aromatic heterocycles. The lowest BCUT2D eigenvalue weighted by atomic mass is 10.00. The van der Waals surface area contributed by atoms with Crippen molar-refractivity contribution in [3.05, 3.63) is 77.6 Å². The van der Waals surface area contributed by atoms with Gasteiger partial charge in [-0.05, 0) is 41.8 Å². The Hall–Kier alpha value is -3.28. The van der Waals surface area contributed by atoms with E-state index in [1.54, 1.807) is 27.9 Å². The maximum Gasteiger partial charge on any atom is 0.317 e. The number of phenolic OH excluding ortho intramolecular Hbond substituents is 1. The predicted octanol–water partition coefficient (Wildman–Crippen LogP) is 2.85. The van der Waals surface area contributed by atoms with E-state index in [1.807, 2.05) is 42.6 Å². The van der Waals surface area contributed by atoms with Gasteiger partial charge in [-0.25, -0.2) is 9.48 Å². The van der Waals surface area contributed by atoms with Gasteiger partial charge < -0.3 is 15.3 Å². The lowest BCUT2D eigenvalue weighted by Crippen LogP contribution is -2.42. The number of urea groups is 1. The molecule has 1 aliphatic rings. The molecule has 4 rings (SSSR count). The number of hydrogen-bond donors (Lipinski definition) is 2. The standard InChI is InChI=1S/C20H20N4O2/c25-19-7-6-16-8-9-23(14-17(16)10-19)20(26)21-11-15-12-22-24(13-15)18-4-2-1-3-5-18/h1-7,10,12-13,25H,8-9,11,14H2,(H,21,26). The Morgan fingerprint density at radius 1 is 1.15 bits per heavy atom. The molecule has 0 saturated carbocycles. The van der Waals surface area contributed by atoms with Crippen LogP contribution < -0.4 is 5.32 Å². The number of nitrogens with zero attached hydrogens (tertiary/aromatic N) is 3. The third-order valence-corrected chi connectivity index (χ3v) is 4.59. The van der Waals surface area contributed by atoms with Crippen LogP contribution >= 0.6 is 0 Å². The Kier molecular flexibility index (Phi) is 4.31. The zero-order valence-electron chi connectivity index (χ0n) is 14.3. The zero-order chi connectivity index (χ0) is 17.9. The number of para-hydroxylation sites is 1. The van der Waals surface area contributed by atoms with E-state index in [0.29, 0.717) is 19.6 Å². The molecular formula is C20H20N4O2. The minimum Gasteiger partial charge on any atom is -0.508 e. The molecule has 3 aromatic rings. The van der Waals surface area contributed by atoms with Gasteiger partial charge >= 0.3 is 6.03 Å². The lowest BCUT2D eigenvalue weighted by Gasteiger charge is -2.29. The van der Waals surface area contributed by atoms with E-state index >= 15 is 0 Å². The van der Waals surface area contributed by atoms with Crippen molar-refractivity contribution >= 4 is 6.03 Å². The zero-order valence-corrected chi connectivity index (χ0v) is 14.3. The molecule has 26 heavy (non-hydrogen) atoms. The number of fused-ring (bicyclic) bond motifs is 1. The van der Waals surface area contributed by atoms with Crippen LogP contribution in [0.1, 0.15) is 16.7 Å². The summed E-state index contributed by atoms with van der Waals surface area (Å²) in [6, 6.07) is 15.1. The highest BCUT2D eigenvalue weighted by Gasteiger charge is 2.20. The van der Waals surface area contributed by atoms with Gasteiger partial charge in [-0.1, -0.05) is 24.3 Å². The molecule has 0 unspecified atom stereocenters. The van der Waals surface area contributed by atoms with Crippen molar-refractivity contribution in [1.29, 1.82) is 0 Å². The molecule has 0 spiro atoms. The second kappa shape index (κ2) is 6.92. The van der Waals surface area contributed by atoms with Gasteiger partial charge in [0.1, 0.15) is 5.75 Å². The number of rotatable bonds is 3. The third-order valence-electron chi connectivity index (χ3n) is 4.59. The van der Waals surface area contributed by atoms with E-state index in [-0.39, 0.29) is 11.8 Å². The highest BCUT2D eigenvalue weighted by atomic mass is 16.3. The van der Waals surface area contributed by atoms with Gasteiger partial charge in [0.25, 0.3) is 0 Å². The van der Waals surface area contributed by atoms with Crippen LogP contribution in [0.15, 0.2) is 60.9 Å². The predicted molar refractivity (Wildman–Crippen MR) is 98.0 cm³/mol. The summed E-state index contributed by atoms with van der Waals surface area (Å²) in [6.45, 7) is 1.61. The van der Waals surface area contributed by atoms with E-state index in [9.17, 15) is 9.90 Å². The molecule has 6 heteroatoms. The van der Waals surface area contributed by atoms with Crippen molar-refractivity contribution in [1.82, 2.24) is 20.0 Å².